The van der Waals surface area contributed by atoms with Crippen LogP contribution in [-0.2, 0) is 0 Å². The van der Waals surface area contributed by atoms with Gasteiger partial charge in [-0.2, -0.15) is 31.6 Å². The van der Waals surface area contributed by atoms with Crippen LogP contribution in [0.5, 0.6) is 5.88 Å². The van der Waals surface area contributed by atoms with Crippen molar-refractivity contribution in [3.63, 3.8) is 0 Å². The van der Waals surface area contributed by atoms with Gasteiger partial charge in [-0.3, -0.25) is 0 Å². The van der Waals surface area contributed by atoms with E-state index in [4.69, 9.17) is 0 Å². The summed E-state index contributed by atoms with van der Waals surface area (Å²) in [5.74, 6) is -4.04. The van der Waals surface area contributed by atoms with E-state index in [1.807, 2.05) is 27.7 Å². The highest BCUT2D eigenvalue weighted by atomic mass is 32.2. The molecule has 13 heteroatoms. The van der Waals surface area contributed by atoms with E-state index in [0.717, 1.165) is 0 Å². The number of thioether (sulfide) groups is 1. The number of hydrogen-bond donors (Lipinski definition) is 1. The SMILES string of the molecule is CCSc1nn2c(NC(C)(C)C)ccnc2c1-c1ccc(OCC(F)(F)C(F)(F)F)nn1. The molecule has 0 bridgehead atoms. The Bertz CT molecular complexity index is 1080. The van der Waals surface area contributed by atoms with Crippen molar-refractivity contribution in [1.29, 1.82) is 0 Å². The molecule has 3 aromatic rings. The Labute approximate surface area is 184 Å². The topological polar surface area (TPSA) is 77.2 Å². The van der Waals surface area contributed by atoms with Crippen molar-refractivity contribution in [2.45, 2.75) is 50.4 Å². The summed E-state index contributed by atoms with van der Waals surface area (Å²) in [5, 5.41) is 16.2. The molecule has 3 aromatic heterocycles. The molecule has 0 aromatic carbocycles. The van der Waals surface area contributed by atoms with Crippen LogP contribution >= 0.6 is 11.8 Å². The Morgan fingerprint density at radius 1 is 1.06 bits per heavy atom. The molecule has 0 unspecified atom stereocenters. The molecule has 0 spiro atoms. The van der Waals surface area contributed by atoms with E-state index in [-0.39, 0.29) is 5.54 Å². The lowest BCUT2D eigenvalue weighted by Gasteiger charge is -2.22. The third kappa shape index (κ3) is 5.19. The van der Waals surface area contributed by atoms with Crippen LogP contribution in [-0.4, -0.2) is 54.8 Å². The van der Waals surface area contributed by atoms with E-state index < -0.39 is 24.6 Å². The van der Waals surface area contributed by atoms with Gasteiger partial charge in [0.15, 0.2) is 12.3 Å². The van der Waals surface area contributed by atoms with Gasteiger partial charge in [-0.05, 0) is 38.7 Å². The lowest BCUT2D eigenvalue weighted by molar-refractivity contribution is -0.290. The quantitative estimate of drug-likeness (QED) is 0.376. The first-order chi connectivity index (χ1) is 14.8. The third-order valence-electron chi connectivity index (χ3n) is 3.98. The number of aromatic nitrogens is 5. The highest BCUT2D eigenvalue weighted by Gasteiger charge is 2.58. The van der Waals surface area contributed by atoms with E-state index in [1.165, 1.54) is 23.9 Å². The summed E-state index contributed by atoms with van der Waals surface area (Å²) in [7, 11) is 0. The standard InChI is InChI=1S/C19H21F5N6OS/c1-5-32-16-14(15-25-9-8-12(30(15)29-16)26-17(2,3)4)11-6-7-13(28-27-11)31-10-18(20,21)19(22,23)24/h6-9,26H,5,10H2,1-4H3. The first-order valence-corrected chi connectivity index (χ1v) is 10.5. The molecule has 0 aliphatic carbocycles. The van der Waals surface area contributed by atoms with E-state index in [2.05, 4.69) is 30.3 Å². The number of anilines is 1. The van der Waals surface area contributed by atoms with Crippen molar-refractivity contribution >= 4 is 23.2 Å². The van der Waals surface area contributed by atoms with Crippen LogP contribution in [0.15, 0.2) is 29.4 Å². The monoisotopic (exact) mass is 476 g/mol. The number of rotatable bonds is 7. The first kappa shape index (κ1) is 24.0. The molecule has 174 valence electrons. The zero-order chi connectivity index (χ0) is 23.7. The van der Waals surface area contributed by atoms with Gasteiger partial charge in [0.2, 0.25) is 5.88 Å². The van der Waals surface area contributed by atoms with Crippen LogP contribution < -0.4 is 10.1 Å². The van der Waals surface area contributed by atoms with Crippen LogP contribution in [0.4, 0.5) is 27.8 Å². The number of ether oxygens (including phenoxy) is 1. The molecule has 0 saturated carbocycles. The minimum atomic E-state index is -5.71. The van der Waals surface area contributed by atoms with E-state index in [9.17, 15) is 22.0 Å². The van der Waals surface area contributed by atoms with Crippen molar-refractivity contribution in [2.24, 2.45) is 0 Å². The molecule has 0 radical (unpaired) electrons. The fourth-order valence-corrected chi connectivity index (χ4v) is 3.40. The first-order valence-electron chi connectivity index (χ1n) is 9.52. The molecule has 3 rings (SSSR count). The smallest absolute Gasteiger partial charge is 0.456 e. The van der Waals surface area contributed by atoms with Gasteiger partial charge in [0.05, 0.1) is 11.3 Å². The van der Waals surface area contributed by atoms with E-state index >= 15 is 0 Å². The molecule has 0 fully saturated rings. The van der Waals surface area contributed by atoms with Crippen LogP contribution in [0.1, 0.15) is 27.7 Å². The van der Waals surface area contributed by atoms with Crippen molar-refractivity contribution in [3.05, 3.63) is 24.4 Å². The minimum absolute atomic E-state index is 0.240. The van der Waals surface area contributed by atoms with Crippen molar-refractivity contribution in [3.8, 4) is 17.1 Å². The predicted octanol–water partition coefficient (Wildman–Crippen LogP) is 5.09. The number of alkyl halides is 5. The van der Waals surface area contributed by atoms with Crippen LogP contribution in [0.2, 0.25) is 0 Å². The maximum absolute atomic E-state index is 13.1. The maximum Gasteiger partial charge on any atom is 0.456 e. The highest BCUT2D eigenvalue weighted by Crippen LogP contribution is 2.36. The molecule has 3 heterocycles. The van der Waals surface area contributed by atoms with Crippen molar-refractivity contribution in [1.82, 2.24) is 24.8 Å². The predicted molar refractivity (Wildman–Crippen MR) is 110 cm³/mol. The number of halogens is 5. The molecular formula is C19H21F5N6OS. The zero-order valence-corrected chi connectivity index (χ0v) is 18.5. The molecule has 0 saturated heterocycles. The molecule has 7 nitrogen and oxygen atoms in total. The Balaban J connectivity index is 1.95. The molecule has 0 atom stereocenters. The Hall–Kier alpha value is -2.70. The summed E-state index contributed by atoms with van der Waals surface area (Å²) in [5.41, 5.74) is 1.14. The highest BCUT2D eigenvalue weighted by molar-refractivity contribution is 7.99. The molecular weight excluding hydrogens is 455 g/mol. The number of fused-ring (bicyclic) bond motifs is 1. The number of hydrogen-bond acceptors (Lipinski definition) is 7. The van der Waals surface area contributed by atoms with Crippen LogP contribution in [0.3, 0.4) is 0 Å². The van der Waals surface area contributed by atoms with Gasteiger partial charge in [0, 0.05) is 17.8 Å². The third-order valence-corrected chi connectivity index (χ3v) is 4.83. The lowest BCUT2D eigenvalue weighted by atomic mass is 10.1. The van der Waals surface area contributed by atoms with Crippen LogP contribution in [0, 0.1) is 0 Å². The van der Waals surface area contributed by atoms with Gasteiger partial charge in [-0.25, -0.2) is 4.98 Å². The van der Waals surface area contributed by atoms with E-state index in [0.29, 0.717) is 33.5 Å². The van der Waals surface area contributed by atoms with Crippen LogP contribution in [0.25, 0.3) is 16.9 Å². The summed E-state index contributed by atoms with van der Waals surface area (Å²) in [6, 6.07) is 4.37. The normalized spacial score (nSPS) is 12.9. The van der Waals surface area contributed by atoms with Gasteiger partial charge in [-0.1, -0.05) is 6.92 Å². The fraction of sp³-hybridized carbons (Fsp3) is 0.474. The number of nitrogens with one attached hydrogen (secondary N) is 1. The summed E-state index contributed by atoms with van der Waals surface area (Å²) >= 11 is 1.45. The Kier molecular flexibility index (Phi) is 6.50. The molecule has 32 heavy (non-hydrogen) atoms. The van der Waals surface area contributed by atoms with Crippen molar-refractivity contribution in [2.75, 3.05) is 17.7 Å². The number of nitrogens with zero attached hydrogens (tertiary/aromatic N) is 5. The molecule has 0 aliphatic rings. The Morgan fingerprint density at radius 3 is 2.34 bits per heavy atom. The minimum Gasteiger partial charge on any atom is -0.470 e. The molecule has 1 N–H and O–H groups in total. The Morgan fingerprint density at radius 2 is 1.78 bits per heavy atom. The average Bonchev–Trinajstić information content (AvgIpc) is 3.04. The summed E-state index contributed by atoms with van der Waals surface area (Å²) in [4.78, 5) is 4.39. The maximum atomic E-state index is 13.1. The average molecular weight is 476 g/mol. The summed E-state index contributed by atoms with van der Waals surface area (Å²) in [6.45, 7) is 6.05. The second kappa shape index (κ2) is 8.68. The largest absolute Gasteiger partial charge is 0.470 e. The fourth-order valence-electron chi connectivity index (χ4n) is 2.64. The molecule has 0 amide bonds. The summed E-state index contributed by atoms with van der Waals surface area (Å²) in [6.07, 6.45) is -4.10. The van der Waals surface area contributed by atoms with Gasteiger partial charge < -0.3 is 10.1 Å². The van der Waals surface area contributed by atoms with Crippen molar-refractivity contribution < 1.29 is 26.7 Å². The second-order valence-electron chi connectivity index (χ2n) is 7.80. The zero-order valence-electron chi connectivity index (χ0n) is 17.7. The van der Waals surface area contributed by atoms with Gasteiger partial charge in [0.25, 0.3) is 0 Å². The van der Waals surface area contributed by atoms with Gasteiger partial charge in [-0.15, -0.1) is 22.0 Å². The second-order valence-corrected chi connectivity index (χ2v) is 9.05. The van der Waals surface area contributed by atoms with Gasteiger partial charge in [0.1, 0.15) is 10.8 Å². The lowest BCUT2D eigenvalue weighted by Crippen LogP contribution is -2.41. The summed E-state index contributed by atoms with van der Waals surface area (Å²) < 4.78 is 69.2. The molecule has 0 aliphatic heterocycles. The van der Waals surface area contributed by atoms with E-state index in [1.54, 1.807) is 16.8 Å². The van der Waals surface area contributed by atoms with Gasteiger partial charge >= 0.3 is 12.1 Å².